The third kappa shape index (κ3) is 4.61. The summed E-state index contributed by atoms with van der Waals surface area (Å²) in [7, 11) is 0. The maximum atomic E-state index is 13.6. The van der Waals surface area contributed by atoms with Crippen LogP contribution < -0.4 is 5.32 Å². The van der Waals surface area contributed by atoms with Crippen LogP contribution in [0.2, 0.25) is 0 Å². The molecule has 3 rings (SSSR count). The van der Waals surface area contributed by atoms with E-state index in [9.17, 15) is 9.18 Å². The average molecular weight is 358 g/mol. The van der Waals surface area contributed by atoms with Gasteiger partial charge in [-0.3, -0.25) is 9.69 Å². The molecule has 2 aromatic rings. The van der Waals surface area contributed by atoms with Crippen LogP contribution in [0.3, 0.4) is 0 Å². The first kappa shape index (κ1) is 18.0. The summed E-state index contributed by atoms with van der Waals surface area (Å²) in [5, 5.41) is 2.88. The van der Waals surface area contributed by atoms with Gasteiger partial charge in [0.2, 0.25) is 0 Å². The van der Waals surface area contributed by atoms with Crippen molar-refractivity contribution in [2.75, 3.05) is 29.9 Å². The second-order valence-electron chi connectivity index (χ2n) is 6.46. The zero-order valence-electron chi connectivity index (χ0n) is 14.6. The molecule has 0 aliphatic carbocycles. The van der Waals surface area contributed by atoms with E-state index in [-0.39, 0.29) is 11.7 Å². The Morgan fingerprint density at radius 1 is 1.12 bits per heavy atom. The van der Waals surface area contributed by atoms with Crippen molar-refractivity contribution in [1.82, 2.24) is 4.90 Å². The number of carbonyl (C=O) groups is 1. The van der Waals surface area contributed by atoms with Gasteiger partial charge in [-0.15, -0.1) is 0 Å². The van der Waals surface area contributed by atoms with Crippen molar-refractivity contribution in [2.24, 2.45) is 0 Å². The van der Waals surface area contributed by atoms with Crippen molar-refractivity contribution < 1.29 is 9.18 Å². The fourth-order valence-corrected chi connectivity index (χ4v) is 3.89. The largest absolute Gasteiger partial charge is 0.322 e. The lowest BCUT2D eigenvalue weighted by atomic mass is 10.1. The number of hydrogen-bond acceptors (Lipinski definition) is 3. The minimum atomic E-state index is -0.362. The fourth-order valence-electron chi connectivity index (χ4n) is 2.91. The van der Waals surface area contributed by atoms with Crippen LogP contribution in [0.15, 0.2) is 36.4 Å². The highest BCUT2D eigenvalue weighted by Gasteiger charge is 2.13. The second-order valence-corrected chi connectivity index (χ2v) is 7.68. The lowest BCUT2D eigenvalue weighted by Crippen LogP contribution is -2.31. The monoisotopic (exact) mass is 358 g/mol. The number of anilines is 1. The zero-order valence-corrected chi connectivity index (χ0v) is 15.5. The Hall–Kier alpha value is -1.85. The molecule has 1 aliphatic rings. The number of rotatable bonds is 4. The molecule has 0 saturated carbocycles. The van der Waals surface area contributed by atoms with E-state index in [0.717, 1.165) is 30.9 Å². The molecule has 0 radical (unpaired) electrons. The summed E-state index contributed by atoms with van der Waals surface area (Å²) in [6, 6.07) is 10.7. The van der Waals surface area contributed by atoms with Gasteiger partial charge in [-0.2, -0.15) is 11.8 Å². The van der Waals surface area contributed by atoms with Crippen LogP contribution in [0.4, 0.5) is 10.1 Å². The Labute approximate surface area is 152 Å². The summed E-state index contributed by atoms with van der Waals surface area (Å²) in [6.07, 6.45) is 0. The molecule has 5 heteroatoms. The highest BCUT2D eigenvalue weighted by atomic mass is 32.2. The number of carbonyl (C=O) groups excluding carboxylic acids is 1. The molecule has 0 atom stereocenters. The standard InChI is InChI=1S/C20H23FN2OS/c1-14-3-5-17(12-18(14)21)20(24)22-19-6-4-16(11-15(19)2)13-23-7-9-25-10-8-23/h3-6,11-12H,7-10,13H2,1-2H3,(H,22,24). The Morgan fingerprint density at radius 2 is 1.88 bits per heavy atom. The lowest BCUT2D eigenvalue weighted by Gasteiger charge is -2.26. The summed E-state index contributed by atoms with van der Waals surface area (Å²) >= 11 is 2.01. The predicted molar refractivity (Wildman–Crippen MR) is 103 cm³/mol. The molecule has 3 nitrogen and oxygen atoms in total. The molecule has 0 spiro atoms. The van der Waals surface area contributed by atoms with E-state index in [1.54, 1.807) is 19.1 Å². The van der Waals surface area contributed by atoms with Crippen molar-refractivity contribution in [3.63, 3.8) is 0 Å². The molecule has 0 aromatic heterocycles. The molecule has 1 aliphatic heterocycles. The Balaban J connectivity index is 1.67. The minimum Gasteiger partial charge on any atom is -0.322 e. The van der Waals surface area contributed by atoms with Crippen LogP contribution in [-0.2, 0) is 6.54 Å². The number of benzene rings is 2. The van der Waals surface area contributed by atoms with Crippen LogP contribution in [0.1, 0.15) is 27.0 Å². The first-order chi connectivity index (χ1) is 12.0. The zero-order chi connectivity index (χ0) is 17.8. The maximum Gasteiger partial charge on any atom is 0.255 e. The number of thioether (sulfide) groups is 1. The average Bonchev–Trinajstić information content (AvgIpc) is 2.60. The molecule has 1 fully saturated rings. The van der Waals surface area contributed by atoms with Crippen molar-refractivity contribution in [3.05, 3.63) is 64.5 Å². The molecule has 1 heterocycles. The van der Waals surface area contributed by atoms with Gasteiger partial charge in [0, 0.05) is 42.4 Å². The van der Waals surface area contributed by atoms with Gasteiger partial charge in [-0.25, -0.2) is 4.39 Å². The van der Waals surface area contributed by atoms with Crippen LogP contribution in [0.5, 0.6) is 0 Å². The fraction of sp³-hybridized carbons (Fsp3) is 0.350. The molecule has 1 amide bonds. The summed E-state index contributed by atoms with van der Waals surface area (Å²) in [6.45, 7) is 6.86. The molecule has 2 aromatic carbocycles. The van der Waals surface area contributed by atoms with Crippen molar-refractivity contribution >= 4 is 23.4 Å². The van der Waals surface area contributed by atoms with Crippen molar-refractivity contribution in [2.45, 2.75) is 20.4 Å². The molecule has 0 unspecified atom stereocenters. The van der Waals surface area contributed by atoms with Crippen LogP contribution >= 0.6 is 11.8 Å². The molecule has 1 N–H and O–H groups in total. The third-order valence-electron chi connectivity index (χ3n) is 4.48. The van der Waals surface area contributed by atoms with Gasteiger partial charge < -0.3 is 5.32 Å². The summed E-state index contributed by atoms with van der Waals surface area (Å²) in [5.74, 6) is 1.74. The van der Waals surface area contributed by atoms with E-state index in [1.807, 2.05) is 24.8 Å². The Kier molecular flexibility index (Phi) is 5.76. The van der Waals surface area contributed by atoms with E-state index in [0.29, 0.717) is 11.1 Å². The van der Waals surface area contributed by atoms with Crippen LogP contribution in [0, 0.1) is 19.7 Å². The second kappa shape index (κ2) is 8.02. The lowest BCUT2D eigenvalue weighted by molar-refractivity contribution is 0.102. The number of nitrogens with zero attached hydrogens (tertiary/aromatic N) is 1. The Bertz CT molecular complexity index is 772. The third-order valence-corrected chi connectivity index (χ3v) is 5.43. The number of hydrogen-bond donors (Lipinski definition) is 1. The molecule has 132 valence electrons. The SMILES string of the molecule is Cc1ccc(C(=O)Nc2ccc(CN3CCSCC3)cc2C)cc1F. The van der Waals surface area contributed by atoms with Crippen LogP contribution in [0.25, 0.3) is 0 Å². The first-order valence-electron chi connectivity index (χ1n) is 8.50. The minimum absolute atomic E-state index is 0.289. The van der Waals surface area contributed by atoms with Crippen molar-refractivity contribution in [3.8, 4) is 0 Å². The number of halogens is 1. The van der Waals surface area contributed by atoms with Crippen molar-refractivity contribution in [1.29, 1.82) is 0 Å². The van der Waals surface area contributed by atoms with E-state index in [2.05, 4.69) is 22.3 Å². The number of nitrogens with one attached hydrogen (secondary N) is 1. The van der Waals surface area contributed by atoms with Gasteiger partial charge in [-0.05, 0) is 48.7 Å². The number of aryl methyl sites for hydroxylation is 2. The highest BCUT2D eigenvalue weighted by molar-refractivity contribution is 7.99. The van der Waals surface area contributed by atoms with Gasteiger partial charge in [0.05, 0.1) is 0 Å². The molecular weight excluding hydrogens is 335 g/mol. The van der Waals surface area contributed by atoms with E-state index in [4.69, 9.17) is 0 Å². The molecular formula is C20H23FN2OS. The number of amides is 1. The van der Waals surface area contributed by atoms with Gasteiger partial charge in [0.15, 0.2) is 0 Å². The van der Waals surface area contributed by atoms with Gasteiger partial charge in [0.25, 0.3) is 5.91 Å². The van der Waals surface area contributed by atoms with E-state index >= 15 is 0 Å². The smallest absolute Gasteiger partial charge is 0.255 e. The highest BCUT2D eigenvalue weighted by Crippen LogP contribution is 2.20. The Morgan fingerprint density at radius 3 is 2.56 bits per heavy atom. The topological polar surface area (TPSA) is 32.3 Å². The summed E-state index contributed by atoms with van der Waals surface area (Å²) < 4.78 is 13.6. The molecule has 1 saturated heterocycles. The normalized spacial score (nSPS) is 15.2. The summed E-state index contributed by atoms with van der Waals surface area (Å²) in [4.78, 5) is 14.8. The van der Waals surface area contributed by atoms with E-state index < -0.39 is 0 Å². The molecule has 0 bridgehead atoms. The maximum absolute atomic E-state index is 13.6. The quantitative estimate of drug-likeness (QED) is 0.887. The van der Waals surface area contributed by atoms with E-state index in [1.165, 1.54) is 23.1 Å². The van der Waals surface area contributed by atoms with Crippen LogP contribution in [-0.4, -0.2) is 35.4 Å². The predicted octanol–water partition coefficient (Wildman–Crippen LogP) is 4.24. The first-order valence-corrected chi connectivity index (χ1v) is 9.65. The van der Waals surface area contributed by atoms with Gasteiger partial charge in [0.1, 0.15) is 5.82 Å². The summed E-state index contributed by atoms with van der Waals surface area (Å²) in [5.41, 5.74) is 3.91. The molecule has 25 heavy (non-hydrogen) atoms. The van der Waals surface area contributed by atoms with Gasteiger partial charge in [-0.1, -0.05) is 18.2 Å². The van der Waals surface area contributed by atoms with Gasteiger partial charge >= 0.3 is 0 Å².